The van der Waals surface area contributed by atoms with Crippen LogP contribution in [0, 0.1) is 0 Å². The van der Waals surface area contributed by atoms with Crippen molar-refractivity contribution in [1.29, 1.82) is 0 Å². The summed E-state index contributed by atoms with van der Waals surface area (Å²) < 4.78 is 0. The largest absolute Gasteiger partial charge is 0.330 e. The molecule has 2 N–H and O–H groups in total. The third kappa shape index (κ3) is 2.88. The lowest BCUT2D eigenvalue weighted by molar-refractivity contribution is 1.15. The van der Waals surface area contributed by atoms with E-state index in [1.165, 1.54) is 15.7 Å². The van der Waals surface area contributed by atoms with E-state index in [9.17, 15) is 0 Å². The summed E-state index contributed by atoms with van der Waals surface area (Å²) in [5, 5.41) is 2.63. The Morgan fingerprint density at radius 3 is 2.53 bits per heavy atom. The number of nitrogens with two attached hydrogens (primary N) is 1. The monoisotopic (exact) mass is 239 g/mol. The summed E-state index contributed by atoms with van der Waals surface area (Å²) in [7, 11) is 0. The van der Waals surface area contributed by atoms with Crippen molar-refractivity contribution in [3.8, 4) is 0 Å². The second kappa shape index (κ2) is 6.01. The van der Waals surface area contributed by atoms with E-state index >= 15 is 0 Å². The fraction of sp³-hybridized carbons (Fsp3) is 0.167. The number of fused-ring (bicyclic) bond motifs is 1. The Morgan fingerprint density at radius 1 is 1.00 bits per heavy atom. The van der Waals surface area contributed by atoms with Crippen LogP contribution in [0.3, 0.4) is 0 Å². The van der Waals surface area contributed by atoms with Gasteiger partial charge in [0, 0.05) is 17.2 Å². The maximum absolute atomic E-state index is 5.50. The molecule has 0 atom stereocenters. The summed E-state index contributed by atoms with van der Waals surface area (Å²) in [5.41, 5.74) is 5.50. The van der Waals surface area contributed by atoms with Crippen molar-refractivity contribution in [3.63, 3.8) is 0 Å². The fourth-order valence-corrected chi connectivity index (χ4v) is 2.34. The molecular weight excluding hydrogens is 226 g/mol. The summed E-state index contributed by atoms with van der Waals surface area (Å²) in [6.07, 6.45) is 0. The Labute approximate surface area is 100 Å². The molecule has 0 aliphatic rings. The van der Waals surface area contributed by atoms with E-state index in [4.69, 9.17) is 5.73 Å². The minimum Gasteiger partial charge on any atom is -0.330 e. The number of thioether (sulfide) groups is 1. The molecule has 0 fully saturated rings. The second-order valence-electron chi connectivity index (χ2n) is 3.11. The molecule has 0 unspecified atom stereocenters. The summed E-state index contributed by atoms with van der Waals surface area (Å²) in [6, 6.07) is 14.8. The lowest BCUT2D eigenvalue weighted by Gasteiger charge is -2.04. The van der Waals surface area contributed by atoms with Gasteiger partial charge in [0.05, 0.1) is 0 Å². The Balaban J connectivity index is 0.00000112. The molecule has 0 saturated heterocycles. The zero-order chi connectivity index (χ0) is 9.80. The van der Waals surface area contributed by atoms with Gasteiger partial charge < -0.3 is 5.73 Å². The van der Waals surface area contributed by atoms with Crippen LogP contribution >= 0.6 is 24.2 Å². The zero-order valence-corrected chi connectivity index (χ0v) is 9.98. The summed E-state index contributed by atoms with van der Waals surface area (Å²) in [4.78, 5) is 1.33. The van der Waals surface area contributed by atoms with Crippen molar-refractivity contribution in [2.24, 2.45) is 5.73 Å². The molecule has 0 aliphatic carbocycles. The number of benzene rings is 2. The first-order chi connectivity index (χ1) is 6.92. The minimum absolute atomic E-state index is 0. The standard InChI is InChI=1S/C12H13NS.ClH/c13-8-9-14-12-7-3-5-10-4-1-2-6-11(10)12;/h1-7H,8-9,13H2;1H. The highest BCUT2D eigenvalue weighted by Gasteiger charge is 1.99. The van der Waals surface area contributed by atoms with Gasteiger partial charge in [-0.15, -0.1) is 24.2 Å². The predicted molar refractivity (Wildman–Crippen MR) is 71.0 cm³/mol. The van der Waals surface area contributed by atoms with E-state index in [0.717, 1.165) is 12.3 Å². The quantitative estimate of drug-likeness (QED) is 0.832. The third-order valence-corrected chi connectivity index (χ3v) is 3.23. The van der Waals surface area contributed by atoms with Crippen LogP contribution in [-0.4, -0.2) is 12.3 Å². The third-order valence-electron chi connectivity index (χ3n) is 2.13. The topological polar surface area (TPSA) is 26.0 Å². The van der Waals surface area contributed by atoms with Gasteiger partial charge in [-0.3, -0.25) is 0 Å². The first-order valence-corrected chi connectivity index (χ1v) is 5.71. The molecule has 0 bridgehead atoms. The van der Waals surface area contributed by atoms with Crippen molar-refractivity contribution in [1.82, 2.24) is 0 Å². The molecule has 0 aromatic heterocycles. The van der Waals surface area contributed by atoms with Crippen LogP contribution in [0.4, 0.5) is 0 Å². The van der Waals surface area contributed by atoms with E-state index in [2.05, 4.69) is 42.5 Å². The normalized spacial score (nSPS) is 9.93. The first kappa shape index (κ1) is 12.4. The maximum Gasteiger partial charge on any atom is 0.0151 e. The molecule has 0 heterocycles. The van der Waals surface area contributed by atoms with Crippen molar-refractivity contribution < 1.29 is 0 Å². The van der Waals surface area contributed by atoms with E-state index in [-0.39, 0.29) is 12.4 Å². The average molecular weight is 240 g/mol. The van der Waals surface area contributed by atoms with Crippen LogP contribution in [0.15, 0.2) is 47.4 Å². The minimum atomic E-state index is 0. The second-order valence-corrected chi connectivity index (χ2v) is 4.25. The molecule has 0 saturated carbocycles. The van der Waals surface area contributed by atoms with Crippen LogP contribution < -0.4 is 5.73 Å². The first-order valence-electron chi connectivity index (χ1n) is 4.72. The molecule has 80 valence electrons. The van der Waals surface area contributed by atoms with Crippen LogP contribution in [0.1, 0.15) is 0 Å². The maximum atomic E-state index is 5.50. The summed E-state index contributed by atoms with van der Waals surface area (Å²) in [5.74, 6) is 0.980. The van der Waals surface area contributed by atoms with Crippen LogP contribution in [-0.2, 0) is 0 Å². The summed E-state index contributed by atoms with van der Waals surface area (Å²) >= 11 is 1.82. The van der Waals surface area contributed by atoms with E-state index in [0.29, 0.717) is 0 Å². The van der Waals surface area contributed by atoms with Gasteiger partial charge in [0.15, 0.2) is 0 Å². The fourth-order valence-electron chi connectivity index (χ4n) is 1.49. The van der Waals surface area contributed by atoms with Gasteiger partial charge in [0.25, 0.3) is 0 Å². The van der Waals surface area contributed by atoms with E-state index in [1.807, 2.05) is 11.8 Å². The van der Waals surface area contributed by atoms with Crippen LogP contribution in [0.25, 0.3) is 10.8 Å². The molecule has 0 spiro atoms. The molecule has 0 amide bonds. The van der Waals surface area contributed by atoms with E-state index < -0.39 is 0 Å². The molecular formula is C12H14ClNS. The molecule has 15 heavy (non-hydrogen) atoms. The van der Waals surface area contributed by atoms with Gasteiger partial charge >= 0.3 is 0 Å². The van der Waals surface area contributed by atoms with Gasteiger partial charge in [0.2, 0.25) is 0 Å². The Kier molecular flexibility index (Phi) is 4.95. The SMILES string of the molecule is Cl.NCCSc1cccc2ccccc12. The highest BCUT2D eigenvalue weighted by atomic mass is 35.5. The molecule has 0 radical (unpaired) electrons. The molecule has 2 aromatic rings. The lowest BCUT2D eigenvalue weighted by Crippen LogP contribution is -2.00. The van der Waals surface area contributed by atoms with Crippen molar-refractivity contribution >= 4 is 34.9 Å². The van der Waals surface area contributed by atoms with Gasteiger partial charge in [-0.05, 0) is 16.8 Å². The lowest BCUT2D eigenvalue weighted by atomic mass is 10.1. The van der Waals surface area contributed by atoms with Gasteiger partial charge in [-0.25, -0.2) is 0 Å². The molecule has 2 aromatic carbocycles. The number of hydrogen-bond donors (Lipinski definition) is 1. The smallest absolute Gasteiger partial charge is 0.0151 e. The van der Waals surface area contributed by atoms with Crippen molar-refractivity contribution in [2.45, 2.75) is 4.90 Å². The number of halogens is 1. The molecule has 3 heteroatoms. The van der Waals surface area contributed by atoms with Gasteiger partial charge in [-0.1, -0.05) is 36.4 Å². The Bertz CT molecular complexity index is 425. The number of rotatable bonds is 3. The molecule has 1 nitrogen and oxygen atoms in total. The average Bonchev–Trinajstić information content (AvgIpc) is 2.26. The predicted octanol–water partition coefficient (Wildman–Crippen LogP) is 3.31. The van der Waals surface area contributed by atoms with Crippen molar-refractivity contribution in [2.75, 3.05) is 12.3 Å². The number of hydrogen-bond acceptors (Lipinski definition) is 2. The highest BCUT2D eigenvalue weighted by Crippen LogP contribution is 2.27. The van der Waals surface area contributed by atoms with Gasteiger partial charge in [0.1, 0.15) is 0 Å². The van der Waals surface area contributed by atoms with Crippen molar-refractivity contribution in [3.05, 3.63) is 42.5 Å². The summed E-state index contributed by atoms with van der Waals surface area (Å²) in [6.45, 7) is 0.730. The zero-order valence-electron chi connectivity index (χ0n) is 8.35. The van der Waals surface area contributed by atoms with Crippen LogP contribution in [0.5, 0.6) is 0 Å². The Hall–Kier alpha value is -0.700. The Morgan fingerprint density at radius 2 is 1.73 bits per heavy atom. The van der Waals surface area contributed by atoms with Crippen LogP contribution in [0.2, 0.25) is 0 Å². The van der Waals surface area contributed by atoms with Gasteiger partial charge in [-0.2, -0.15) is 0 Å². The molecule has 2 rings (SSSR count). The molecule has 0 aliphatic heterocycles. The highest BCUT2D eigenvalue weighted by molar-refractivity contribution is 7.99. The van der Waals surface area contributed by atoms with E-state index in [1.54, 1.807) is 0 Å².